The highest BCUT2D eigenvalue weighted by Crippen LogP contribution is 2.50. The highest BCUT2D eigenvalue weighted by molar-refractivity contribution is 9.09. The van der Waals surface area contributed by atoms with Crippen LogP contribution in [0, 0.1) is 0 Å². The van der Waals surface area contributed by atoms with Crippen molar-refractivity contribution in [2.75, 3.05) is 10.7 Å². The maximum Gasteiger partial charge on any atom is 0.183 e. The second kappa shape index (κ2) is 8.41. The smallest absolute Gasteiger partial charge is 0.183 e. The number of hydrogen-bond acceptors (Lipinski definition) is 4. The molecule has 2 heterocycles. The zero-order chi connectivity index (χ0) is 19.7. The van der Waals surface area contributed by atoms with Crippen molar-refractivity contribution < 1.29 is 9.59 Å². The molecule has 0 aliphatic heterocycles. The van der Waals surface area contributed by atoms with E-state index >= 15 is 0 Å². The van der Waals surface area contributed by atoms with E-state index in [4.69, 9.17) is 0 Å². The van der Waals surface area contributed by atoms with Gasteiger partial charge >= 0.3 is 0 Å². The molecule has 28 heavy (non-hydrogen) atoms. The Kier molecular flexibility index (Phi) is 5.92. The van der Waals surface area contributed by atoms with Crippen LogP contribution >= 0.6 is 54.5 Å². The van der Waals surface area contributed by atoms with E-state index in [9.17, 15) is 9.59 Å². The molecule has 0 N–H and O–H groups in total. The number of hydrogen-bond donors (Lipinski definition) is 0. The van der Waals surface area contributed by atoms with Gasteiger partial charge in [-0.2, -0.15) is 0 Å². The summed E-state index contributed by atoms with van der Waals surface area (Å²) >= 11 is 9.59. The molecule has 0 bridgehead atoms. The SMILES string of the molecule is O=C(CBr)c1sc2sc(C(=O)CBr)c(-c3ccccc3)c2c1-c1ccccc1. The summed E-state index contributed by atoms with van der Waals surface area (Å²) in [6.07, 6.45) is 0. The van der Waals surface area contributed by atoms with Crippen molar-refractivity contribution in [1.29, 1.82) is 0 Å². The van der Waals surface area contributed by atoms with E-state index in [1.54, 1.807) is 0 Å². The lowest BCUT2D eigenvalue weighted by molar-refractivity contribution is 0.102. The van der Waals surface area contributed by atoms with Crippen molar-refractivity contribution in [1.82, 2.24) is 0 Å². The van der Waals surface area contributed by atoms with Gasteiger partial charge in [-0.25, -0.2) is 0 Å². The molecule has 0 aliphatic carbocycles. The number of benzene rings is 2. The zero-order valence-electron chi connectivity index (χ0n) is 14.6. The van der Waals surface area contributed by atoms with Crippen LogP contribution < -0.4 is 0 Å². The second-order valence-corrected chi connectivity index (χ2v) is 9.54. The molecular weight excluding hydrogens is 520 g/mol. The van der Waals surface area contributed by atoms with Crippen molar-refractivity contribution in [2.45, 2.75) is 0 Å². The lowest BCUT2D eigenvalue weighted by Gasteiger charge is -2.08. The number of halogens is 2. The Morgan fingerprint density at radius 1 is 0.679 bits per heavy atom. The van der Waals surface area contributed by atoms with Gasteiger partial charge in [-0.3, -0.25) is 9.59 Å². The third-order valence-electron chi connectivity index (χ3n) is 4.42. The minimum Gasteiger partial charge on any atom is -0.292 e. The van der Waals surface area contributed by atoms with Crippen molar-refractivity contribution in [2.24, 2.45) is 0 Å². The Labute approximate surface area is 187 Å². The van der Waals surface area contributed by atoms with Gasteiger partial charge in [0.15, 0.2) is 11.6 Å². The van der Waals surface area contributed by atoms with E-state index in [0.29, 0.717) is 0 Å². The molecule has 4 rings (SSSR count). The number of alkyl halides is 2. The number of rotatable bonds is 6. The highest BCUT2D eigenvalue weighted by atomic mass is 79.9. The zero-order valence-corrected chi connectivity index (χ0v) is 19.4. The first kappa shape index (κ1) is 19.7. The molecule has 0 amide bonds. The summed E-state index contributed by atoms with van der Waals surface area (Å²) in [7, 11) is 0. The Hall–Kier alpha value is -1.60. The van der Waals surface area contributed by atoms with Crippen LogP contribution in [0.5, 0.6) is 0 Å². The van der Waals surface area contributed by atoms with Gasteiger partial charge in [0, 0.05) is 16.5 Å². The minimum atomic E-state index is 0.0552. The summed E-state index contributed by atoms with van der Waals surface area (Å²) in [4.78, 5) is 26.9. The van der Waals surface area contributed by atoms with Crippen LogP contribution in [0.1, 0.15) is 19.3 Å². The normalized spacial score (nSPS) is 11.1. The third-order valence-corrected chi connectivity index (χ3v) is 7.99. The molecule has 2 aromatic carbocycles. The first-order chi connectivity index (χ1) is 13.7. The molecule has 6 heteroatoms. The predicted molar refractivity (Wildman–Crippen MR) is 127 cm³/mol. The molecule has 0 atom stereocenters. The first-order valence-electron chi connectivity index (χ1n) is 8.54. The maximum atomic E-state index is 12.7. The van der Waals surface area contributed by atoms with E-state index in [1.165, 1.54) is 22.7 Å². The van der Waals surface area contributed by atoms with E-state index in [2.05, 4.69) is 31.9 Å². The van der Waals surface area contributed by atoms with Crippen molar-refractivity contribution in [3.63, 3.8) is 0 Å². The van der Waals surface area contributed by atoms with Crippen molar-refractivity contribution in [3.8, 4) is 22.3 Å². The summed E-state index contributed by atoms with van der Waals surface area (Å²) in [5.74, 6) is 0.110. The number of fused-ring (bicyclic) bond motifs is 1. The molecule has 140 valence electrons. The van der Waals surface area contributed by atoms with Gasteiger partial charge in [0.2, 0.25) is 0 Å². The fourth-order valence-corrected chi connectivity index (χ4v) is 6.84. The fraction of sp³-hybridized carbons (Fsp3) is 0.0909. The number of carbonyl (C=O) groups is 2. The molecule has 0 saturated heterocycles. The van der Waals surface area contributed by atoms with Crippen LogP contribution in [0.15, 0.2) is 60.7 Å². The largest absolute Gasteiger partial charge is 0.292 e. The highest BCUT2D eigenvalue weighted by Gasteiger charge is 2.27. The molecule has 0 saturated carbocycles. The topological polar surface area (TPSA) is 34.1 Å². The summed E-state index contributed by atoms with van der Waals surface area (Å²) < 4.78 is 1.01. The Bertz CT molecular complexity index is 1070. The van der Waals surface area contributed by atoms with Gasteiger partial charge in [0.25, 0.3) is 0 Å². The van der Waals surface area contributed by atoms with Crippen LogP contribution in [0.3, 0.4) is 0 Å². The number of ketones is 2. The van der Waals surface area contributed by atoms with Crippen LogP contribution in [0.4, 0.5) is 0 Å². The van der Waals surface area contributed by atoms with E-state index < -0.39 is 0 Å². The first-order valence-corrected chi connectivity index (χ1v) is 12.4. The predicted octanol–water partition coefficient (Wildman–Crippen LogP) is 7.45. The Balaban J connectivity index is 2.13. The monoisotopic (exact) mass is 532 g/mol. The molecular formula is C22H14Br2O2S2. The maximum absolute atomic E-state index is 12.7. The summed E-state index contributed by atoms with van der Waals surface area (Å²) in [6.45, 7) is 0. The summed E-state index contributed by atoms with van der Waals surface area (Å²) in [6, 6.07) is 19.9. The van der Waals surface area contributed by atoms with Crippen LogP contribution in [-0.4, -0.2) is 22.2 Å². The molecule has 0 aliphatic rings. The molecule has 0 radical (unpaired) electrons. The van der Waals surface area contributed by atoms with Crippen LogP contribution in [0.2, 0.25) is 0 Å². The van der Waals surface area contributed by atoms with Gasteiger partial charge in [-0.15, -0.1) is 22.7 Å². The van der Waals surface area contributed by atoms with Gasteiger partial charge in [-0.1, -0.05) is 92.5 Å². The van der Waals surface area contributed by atoms with E-state index in [-0.39, 0.29) is 22.2 Å². The molecule has 0 unspecified atom stereocenters. The van der Waals surface area contributed by atoms with Gasteiger partial charge in [0.05, 0.1) is 24.4 Å². The Morgan fingerprint density at radius 3 is 1.43 bits per heavy atom. The standard InChI is InChI=1S/C22H14Br2O2S2/c23-11-15(25)20-17(13-7-3-1-4-8-13)19-18(14-9-5-2-6-10-14)21(16(26)12-24)28-22(19)27-20/h1-10H,11-12H2. The molecule has 2 aromatic heterocycles. The summed E-state index contributed by atoms with van der Waals surface area (Å²) in [5, 5.41) is 1.55. The fourth-order valence-electron chi connectivity index (χ4n) is 3.24. The van der Waals surface area contributed by atoms with E-state index in [1.807, 2.05) is 60.7 Å². The molecule has 4 aromatic rings. The second-order valence-electron chi connectivity index (χ2n) is 6.12. The van der Waals surface area contributed by atoms with Crippen LogP contribution in [0.25, 0.3) is 31.7 Å². The Morgan fingerprint density at radius 2 is 1.07 bits per heavy atom. The summed E-state index contributed by atoms with van der Waals surface area (Å²) in [5.41, 5.74) is 3.83. The molecule has 0 spiro atoms. The van der Waals surface area contributed by atoms with Crippen LogP contribution in [-0.2, 0) is 0 Å². The number of Topliss-reactive ketones (excluding diaryl/α,β-unsaturated/α-hetero) is 2. The van der Waals surface area contributed by atoms with Gasteiger partial charge in [0.1, 0.15) is 0 Å². The molecule has 0 fully saturated rings. The average molecular weight is 534 g/mol. The van der Waals surface area contributed by atoms with Gasteiger partial charge in [-0.05, 0) is 11.1 Å². The average Bonchev–Trinajstić information content (AvgIpc) is 3.30. The number of thiophene rings is 2. The van der Waals surface area contributed by atoms with Gasteiger partial charge < -0.3 is 0 Å². The van der Waals surface area contributed by atoms with Crippen molar-refractivity contribution in [3.05, 3.63) is 70.4 Å². The molecule has 2 nitrogen and oxygen atoms in total. The quantitative estimate of drug-likeness (QED) is 0.190. The lowest BCUT2D eigenvalue weighted by Crippen LogP contribution is -2.01. The van der Waals surface area contributed by atoms with Crippen molar-refractivity contribution >= 4 is 75.5 Å². The number of carbonyl (C=O) groups excluding carboxylic acids is 2. The third kappa shape index (κ3) is 3.43. The lowest BCUT2D eigenvalue weighted by atomic mass is 9.95. The minimum absolute atomic E-state index is 0.0552. The van der Waals surface area contributed by atoms with E-state index in [0.717, 1.165) is 41.4 Å².